The van der Waals surface area contributed by atoms with Gasteiger partial charge in [-0.3, -0.25) is 0 Å². The molecular weight excluding hydrogens is 193 g/mol. The molecule has 1 atom stereocenters. The molecule has 1 aromatic carbocycles. The molecular formula is C12H14FNO. The molecule has 15 heavy (non-hydrogen) atoms. The smallest absolute Gasteiger partial charge is 0.132 e. The Hall–Kier alpha value is -1.35. The van der Waals surface area contributed by atoms with Gasteiger partial charge in [-0.1, -0.05) is 13.0 Å². The van der Waals surface area contributed by atoms with Crippen molar-refractivity contribution < 1.29 is 9.50 Å². The van der Waals surface area contributed by atoms with Crippen LogP contribution in [0.2, 0.25) is 0 Å². The van der Waals surface area contributed by atoms with Crippen molar-refractivity contribution in [2.75, 3.05) is 6.61 Å². The number of aliphatic hydroxyl groups is 1. The molecule has 0 bridgehead atoms. The molecule has 2 nitrogen and oxygen atoms in total. The van der Waals surface area contributed by atoms with E-state index in [1.54, 1.807) is 6.07 Å². The van der Waals surface area contributed by atoms with Crippen molar-refractivity contribution in [1.82, 2.24) is 4.57 Å². The Morgan fingerprint density at radius 1 is 1.47 bits per heavy atom. The SMILES string of the molecule is CC(CO)c1cc2c(F)cccc2n1C. The van der Waals surface area contributed by atoms with E-state index in [0.29, 0.717) is 5.39 Å². The normalized spacial score (nSPS) is 13.3. The fourth-order valence-corrected chi connectivity index (χ4v) is 1.91. The molecule has 0 aliphatic heterocycles. The zero-order chi connectivity index (χ0) is 11.0. The molecule has 1 unspecified atom stereocenters. The lowest BCUT2D eigenvalue weighted by atomic mass is 10.1. The van der Waals surface area contributed by atoms with Crippen LogP contribution >= 0.6 is 0 Å². The second kappa shape index (κ2) is 3.66. The van der Waals surface area contributed by atoms with Crippen molar-refractivity contribution in [3.63, 3.8) is 0 Å². The van der Waals surface area contributed by atoms with Crippen LogP contribution in [0.4, 0.5) is 4.39 Å². The van der Waals surface area contributed by atoms with Crippen LogP contribution < -0.4 is 0 Å². The second-order valence-corrected chi connectivity index (χ2v) is 3.88. The van der Waals surface area contributed by atoms with Crippen molar-refractivity contribution in [2.24, 2.45) is 7.05 Å². The molecule has 0 amide bonds. The van der Waals surface area contributed by atoms with E-state index in [4.69, 9.17) is 5.11 Å². The van der Waals surface area contributed by atoms with Gasteiger partial charge in [0.25, 0.3) is 0 Å². The molecule has 0 saturated heterocycles. The minimum Gasteiger partial charge on any atom is -0.396 e. The predicted octanol–water partition coefficient (Wildman–Crippen LogP) is 2.41. The first-order valence-corrected chi connectivity index (χ1v) is 5.00. The van der Waals surface area contributed by atoms with Crippen molar-refractivity contribution in [3.8, 4) is 0 Å². The molecule has 1 aromatic heterocycles. The average molecular weight is 207 g/mol. The Morgan fingerprint density at radius 2 is 2.20 bits per heavy atom. The quantitative estimate of drug-likeness (QED) is 0.803. The summed E-state index contributed by atoms with van der Waals surface area (Å²) < 4.78 is 15.4. The largest absolute Gasteiger partial charge is 0.396 e. The van der Waals surface area contributed by atoms with Gasteiger partial charge in [-0.15, -0.1) is 0 Å². The van der Waals surface area contributed by atoms with E-state index in [9.17, 15) is 4.39 Å². The zero-order valence-electron chi connectivity index (χ0n) is 8.87. The van der Waals surface area contributed by atoms with Gasteiger partial charge in [-0.05, 0) is 18.2 Å². The van der Waals surface area contributed by atoms with E-state index in [0.717, 1.165) is 11.2 Å². The highest BCUT2D eigenvalue weighted by atomic mass is 19.1. The third kappa shape index (κ3) is 1.53. The molecule has 2 aromatic rings. The van der Waals surface area contributed by atoms with Crippen molar-refractivity contribution in [2.45, 2.75) is 12.8 Å². The lowest BCUT2D eigenvalue weighted by Crippen LogP contribution is -2.04. The van der Waals surface area contributed by atoms with E-state index in [-0.39, 0.29) is 18.3 Å². The van der Waals surface area contributed by atoms with Crippen molar-refractivity contribution in [1.29, 1.82) is 0 Å². The lowest BCUT2D eigenvalue weighted by molar-refractivity contribution is 0.269. The van der Waals surface area contributed by atoms with Crippen LogP contribution in [0, 0.1) is 5.82 Å². The number of aromatic nitrogens is 1. The summed E-state index contributed by atoms with van der Waals surface area (Å²) >= 11 is 0. The van der Waals surface area contributed by atoms with Gasteiger partial charge in [0.1, 0.15) is 5.82 Å². The predicted molar refractivity (Wildman–Crippen MR) is 58.4 cm³/mol. The average Bonchev–Trinajstić information content (AvgIpc) is 2.57. The number of benzene rings is 1. The van der Waals surface area contributed by atoms with Crippen LogP contribution in [0.15, 0.2) is 24.3 Å². The van der Waals surface area contributed by atoms with Gasteiger partial charge < -0.3 is 9.67 Å². The van der Waals surface area contributed by atoms with Crippen molar-refractivity contribution in [3.05, 3.63) is 35.8 Å². The molecule has 1 heterocycles. The Morgan fingerprint density at radius 3 is 2.80 bits per heavy atom. The number of aryl methyl sites for hydroxylation is 1. The summed E-state index contributed by atoms with van der Waals surface area (Å²) in [6, 6.07) is 6.85. The minimum atomic E-state index is -0.209. The molecule has 0 aliphatic carbocycles. The van der Waals surface area contributed by atoms with Crippen LogP contribution in [0.1, 0.15) is 18.5 Å². The van der Waals surface area contributed by atoms with Gasteiger partial charge >= 0.3 is 0 Å². The van der Waals surface area contributed by atoms with Gasteiger partial charge in [0.2, 0.25) is 0 Å². The van der Waals surface area contributed by atoms with Gasteiger partial charge in [-0.25, -0.2) is 4.39 Å². The molecule has 80 valence electrons. The van der Waals surface area contributed by atoms with E-state index in [1.165, 1.54) is 6.07 Å². The number of aliphatic hydroxyl groups excluding tert-OH is 1. The van der Waals surface area contributed by atoms with E-state index >= 15 is 0 Å². The topological polar surface area (TPSA) is 25.2 Å². The van der Waals surface area contributed by atoms with Gasteiger partial charge in [0, 0.05) is 24.0 Å². The van der Waals surface area contributed by atoms with Crippen molar-refractivity contribution >= 4 is 10.9 Å². The Kier molecular flexibility index (Phi) is 2.49. The number of hydrogen-bond acceptors (Lipinski definition) is 1. The maximum absolute atomic E-state index is 13.5. The third-order valence-electron chi connectivity index (χ3n) is 2.85. The highest BCUT2D eigenvalue weighted by molar-refractivity contribution is 5.82. The van der Waals surface area contributed by atoms with Crippen LogP contribution in [-0.2, 0) is 7.05 Å². The molecule has 1 N–H and O–H groups in total. The van der Waals surface area contributed by atoms with Crippen LogP contribution in [0.3, 0.4) is 0 Å². The summed E-state index contributed by atoms with van der Waals surface area (Å²) in [4.78, 5) is 0. The minimum absolute atomic E-state index is 0.0294. The highest BCUT2D eigenvalue weighted by Crippen LogP contribution is 2.25. The maximum atomic E-state index is 13.5. The Balaban J connectivity index is 2.69. The van der Waals surface area contributed by atoms with Gasteiger partial charge in [0.05, 0.1) is 12.1 Å². The first kappa shape index (κ1) is 10.2. The first-order chi connectivity index (χ1) is 7.15. The number of rotatable bonds is 2. The molecule has 2 rings (SSSR count). The Bertz CT molecular complexity index is 490. The maximum Gasteiger partial charge on any atom is 0.132 e. The zero-order valence-corrected chi connectivity index (χ0v) is 8.87. The van der Waals surface area contributed by atoms with E-state index in [2.05, 4.69) is 0 Å². The number of fused-ring (bicyclic) bond motifs is 1. The summed E-state index contributed by atoms with van der Waals surface area (Å²) in [5.74, 6) is -0.179. The fourth-order valence-electron chi connectivity index (χ4n) is 1.91. The third-order valence-corrected chi connectivity index (χ3v) is 2.85. The van der Waals surface area contributed by atoms with E-state index < -0.39 is 0 Å². The molecule has 0 fully saturated rings. The molecule has 0 saturated carbocycles. The lowest BCUT2D eigenvalue weighted by Gasteiger charge is -2.09. The Labute approximate surface area is 88.0 Å². The van der Waals surface area contributed by atoms with Gasteiger partial charge in [-0.2, -0.15) is 0 Å². The number of nitrogens with zero attached hydrogens (tertiary/aromatic N) is 1. The summed E-state index contributed by atoms with van der Waals surface area (Å²) in [6.45, 7) is 2.00. The molecule has 0 spiro atoms. The number of hydrogen-bond donors (Lipinski definition) is 1. The number of halogens is 1. The second-order valence-electron chi connectivity index (χ2n) is 3.88. The summed E-state index contributed by atoms with van der Waals surface area (Å²) in [5.41, 5.74) is 1.82. The standard InChI is InChI=1S/C12H14FNO/c1-8(7-15)12-6-9-10(13)4-3-5-11(9)14(12)2/h3-6,8,15H,7H2,1-2H3. The van der Waals surface area contributed by atoms with Gasteiger partial charge in [0.15, 0.2) is 0 Å². The van der Waals surface area contributed by atoms with Crippen LogP contribution in [0.5, 0.6) is 0 Å². The summed E-state index contributed by atoms with van der Waals surface area (Å²) in [5, 5.41) is 9.72. The van der Waals surface area contributed by atoms with Crippen LogP contribution in [-0.4, -0.2) is 16.3 Å². The first-order valence-electron chi connectivity index (χ1n) is 5.00. The van der Waals surface area contributed by atoms with Crippen LogP contribution in [0.25, 0.3) is 10.9 Å². The molecule has 0 radical (unpaired) electrons. The fraction of sp³-hybridized carbons (Fsp3) is 0.333. The monoisotopic (exact) mass is 207 g/mol. The van der Waals surface area contributed by atoms with E-state index in [1.807, 2.05) is 30.7 Å². The summed E-state index contributed by atoms with van der Waals surface area (Å²) in [6.07, 6.45) is 0. The highest BCUT2D eigenvalue weighted by Gasteiger charge is 2.13. The molecule has 3 heteroatoms. The molecule has 0 aliphatic rings. The summed E-state index contributed by atoms with van der Waals surface area (Å²) in [7, 11) is 1.89.